The molecule has 1 aromatic carbocycles. The number of carbonyl (C=O) groups is 1. The van der Waals surface area contributed by atoms with Gasteiger partial charge in [-0.05, 0) is 36.1 Å². The van der Waals surface area contributed by atoms with Crippen LogP contribution >= 0.6 is 11.6 Å². The number of hydrogen-bond acceptors (Lipinski definition) is 1. The van der Waals surface area contributed by atoms with Gasteiger partial charge in [-0.1, -0.05) is 25.4 Å². The van der Waals surface area contributed by atoms with Crippen LogP contribution in [0.5, 0.6) is 0 Å². The predicted octanol–water partition coefficient (Wildman–Crippen LogP) is 3.67. The summed E-state index contributed by atoms with van der Waals surface area (Å²) >= 11 is 5.91. The van der Waals surface area contributed by atoms with Crippen LogP contribution in [0.3, 0.4) is 0 Å². The van der Waals surface area contributed by atoms with Gasteiger partial charge in [0.1, 0.15) is 0 Å². The van der Waals surface area contributed by atoms with Gasteiger partial charge >= 0.3 is 0 Å². The lowest BCUT2D eigenvalue weighted by Gasteiger charge is -2.26. The quantitative estimate of drug-likeness (QED) is 0.636. The topological polar surface area (TPSA) is 17.1 Å². The van der Waals surface area contributed by atoms with E-state index in [9.17, 15) is 4.79 Å². The third-order valence-corrected chi connectivity index (χ3v) is 3.20. The largest absolute Gasteiger partial charge is 0.294 e. The van der Waals surface area contributed by atoms with Crippen LogP contribution in [-0.4, -0.2) is 5.78 Å². The molecule has 0 amide bonds. The van der Waals surface area contributed by atoms with Gasteiger partial charge in [-0.3, -0.25) is 4.79 Å². The molecule has 0 aliphatic heterocycles. The van der Waals surface area contributed by atoms with E-state index in [4.69, 9.17) is 11.6 Å². The lowest BCUT2D eigenvalue weighted by atomic mass is 9.78. The fraction of sp³-hybridized carbons (Fsp3) is 0.417. The molecule has 0 spiro atoms. The van der Waals surface area contributed by atoms with Crippen molar-refractivity contribution in [3.63, 3.8) is 0 Å². The van der Waals surface area contributed by atoms with Crippen LogP contribution in [0.4, 0.5) is 0 Å². The van der Waals surface area contributed by atoms with Crippen LogP contribution in [0, 0.1) is 5.92 Å². The summed E-state index contributed by atoms with van der Waals surface area (Å²) in [6, 6.07) is 5.57. The molecule has 0 bridgehead atoms. The van der Waals surface area contributed by atoms with Crippen molar-refractivity contribution in [1.29, 1.82) is 0 Å². The molecule has 0 radical (unpaired) electrons. The first-order chi connectivity index (χ1) is 6.59. The van der Waals surface area contributed by atoms with E-state index >= 15 is 0 Å². The molecule has 0 aromatic heterocycles. The first-order valence-electron chi connectivity index (χ1n) is 4.93. The van der Waals surface area contributed by atoms with Gasteiger partial charge in [0.25, 0.3) is 0 Å². The smallest absolute Gasteiger partial charge is 0.165 e. The van der Waals surface area contributed by atoms with Crippen molar-refractivity contribution >= 4 is 17.4 Å². The van der Waals surface area contributed by atoms with Gasteiger partial charge in [0.15, 0.2) is 5.78 Å². The summed E-state index contributed by atoms with van der Waals surface area (Å²) in [5.41, 5.74) is 1.97. The van der Waals surface area contributed by atoms with Crippen molar-refractivity contribution in [2.24, 2.45) is 5.92 Å². The minimum atomic E-state index is 0.152. The fourth-order valence-corrected chi connectivity index (χ4v) is 2.38. The lowest BCUT2D eigenvalue weighted by Crippen LogP contribution is -2.22. The Kier molecular flexibility index (Phi) is 2.36. The molecule has 74 valence electrons. The molecule has 2 heteroatoms. The van der Waals surface area contributed by atoms with Gasteiger partial charge in [0, 0.05) is 16.5 Å². The van der Waals surface area contributed by atoms with Gasteiger partial charge in [0.05, 0.1) is 0 Å². The number of Topliss-reactive ketones (excluding diaryl/α,β-unsaturated/α-hetero) is 1. The lowest BCUT2D eigenvalue weighted by molar-refractivity contribution is 0.0906. The van der Waals surface area contributed by atoms with Gasteiger partial charge < -0.3 is 0 Å². The Bertz CT molecular complexity index is 384. The number of benzene rings is 1. The molecule has 0 N–H and O–H groups in total. The Morgan fingerprint density at radius 3 is 2.71 bits per heavy atom. The molecule has 0 saturated heterocycles. The Hall–Kier alpha value is -0.820. The molecular weight excluding hydrogens is 196 g/mol. The zero-order chi connectivity index (χ0) is 10.3. The molecule has 2 unspecified atom stereocenters. The van der Waals surface area contributed by atoms with E-state index in [1.807, 2.05) is 19.1 Å². The Labute approximate surface area is 89.1 Å². The number of ketones is 1. The van der Waals surface area contributed by atoms with Crippen molar-refractivity contribution in [1.82, 2.24) is 0 Å². The minimum absolute atomic E-state index is 0.152. The minimum Gasteiger partial charge on any atom is -0.294 e. The molecule has 1 aromatic rings. The zero-order valence-electron chi connectivity index (χ0n) is 8.38. The van der Waals surface area contributed by atoms with Crippen molar-refractivity contribution in [2.45, 2.75) is 26.2 Å². The molecule has 2 rings (SSSR count). The van der Waals surface area contributed by atoms with Crippen LogP contribution in [0.25, 0.3) is 0 Å². The highest BCUT2D eigenvalue weighted by Crippen LogP contribution is 2.35. The number of fused-ring (bicyclic) bond motifs is 1. The zero-order valence-corrected chi connectivity index (χ0v) is 9.14. The van der Waals surface area contributed by atoms with Crippen molar-refractivity contribution < 1.29 is 4.79 Å². The van der Waals surface area contributed by atoms with Gasteiger partial charge in [-0.25, -0.2) is 0 Å². The summed E-state index contributed by atoms with van der Waals surface area (Å²) in [4.78, 5) is 11.8. The molecular formula is C12H13ClO. The number of hydrogen-bond donors (Lipinski definition) is 0. The normalized spacial score (nSPS) is 26.1. The number of halogens is 1. The van der Waals surface area contributed by atoms with Crippen molar-refractivity contribution in [3.8, 4) is 0 Å². The van der Waals surface area contributed by atoms with Crippen LogP contribution in [0.2, 0.25) is 5.02 Å². The van der Waals surface area contributed by atoms with E-state index in [2.05, 4.69) is 6.92 Å². The second kappa shape index (κ2) is 3.39. The van der Waals surface area contributed by atoms with Gasteiger partial charge in [-0.15, -0.1) is 0 Å². The van der Waals surface area contributed by atoms with E-state index in [0.29, 0.717) is 5.92 Å². The van der Waals surface area contributed by atoms with E-state index < -0.39 is 0 Å². The number of carbonyl (C=O) groups excluding carboxylic acids is 1. The molecule has 0 saturated carbocycles. The van der Waals surface area contributed by atoms with Gasteiger partial charge in [-0.2, -0.15) is 0 Å². The van der Waals surface area contributed by atoms with Crippen molar-refractivity contribution in [3.05, 3.63) is 34.3 Å². The first kappa shape index (κ1) is 9.72. The fourth-order valence-electron chi connectivity index (χ4n) is 2.20. The standard InChI is InChI=1S/C12H13ClO/c1-7-5-8(2)12(14)10-4-3-9(13)6-11(7)10/h3-4,6-8H,5H2,1-2H3. The predicted molar refractivity (Wildman–Crippen MR) is 58.0 cm³/mol. The maximum Gasteiger partial charge on any atom is 0.165 e. The van der Waals surface area contributed by atoms with E-state index in [-0.39, 0.29) is 11.7 Å². The van der Waals surface area contributed by atoms with Crippen LogP contribution in [-0.2, 0) is 0 Å². The average molecular weight is 209 g/mol. The summed E-state index contributed by atoms with van der Waals surface area (Å²) < 4.78 is 0. The second-order valence-electron chi connectivity index (χ2n) is 4.13. The number of rotatable bonds is 0. The van der Waals surface area contributed by atoms with E-state index in [0.717, 1.165) is 22.6 Å². The molecule has 2 atom stereocenters. The molecule has 1 aliphatic carbocycles. The third kappa shape index (κ3) is 1.46. The molecule has 1 aliphatic rings. The van der Waals surface area contributed by atoms with E-state index in [1.165, 1.54) is 0 Å². The molecule has 0 fully saturated rings. The second-order valence-corrected chi connectivity index (χ2v) is 4.57. The molecule has 14 heavy (non-hydrogen) atoms. The highest BCUT2D eigenvalue weighted by atomic mass is 35.5. The molecule has 0 heterocycles. The maximum atomic E-state index is 11.8. The monoisotopic (exact) mass is 208 g/mol. The maximum absolute atomic E-state index is 11.8. The highest BCUT2D eigenvalue weighted by Gasteiger charge is 2.28. The third-order valence-electron chi connectivity index (χ3n) is 2.96. The summed E-state index contributed by atoms with van der Waals surface area (Å²) in [5.74, 6) is 0.852. The Morgan fingerprint density at radius 1 is 1.29 bits per heavy atom. The summed E-state index contributed by atoms with van der Waals surface area (Å²) in [7, 11) is 0. The van der Waals surface area contributed by atoms with Gasteiger partial charge in [0.2, 0.25) is 0 Å². The first-order valence-corrected chi connectivity index (χ1v) is 5.31. The van der Waals surface area contributed by atoms with Crippen LogP contribution in [0.15, 0.2) is 18.2 Å². The Morgan fingerprint density at radius 2 is 2.00 bits per heavy atom. The average Bonchev–Trinajstić information content (AvgIpc) is 2.14. The molecule has 1 nitrogen and oxygen atoms in total. The van der Waals surface area contributed by atoms with Crippen LogP contribution in [0.1, 0.15) is 42.1 Å². The Balaban J connectivity index is 2.56. The summed E-state index contributed by atoms with van der Waals surface area (Å²) in [5, 5.41) is 0.720. The van der Waals surface area contributed by atoms with Crippen molar-refractivity contribution in [2.75, 3.05) is 0 Å². The van der Waals surface area contributed by atoms with Crippen LogP contribution < -0.4 is 0 Å². The SMILES string of the molecule is CC1CC(C)c2cc(Cl)ccc2C1=O. The highest BCUT2D eigenvalue weighted by molar-refractivity contribution is 6.30. The summed E-state index contributed by atoms with van der Waals surface area (Å²) in [6.07, 6.45) is 0.937. The van der Waals surface area contributed by atoms with E-state index in [1.54, 1.807) is 6.07 Å². The summed E-state index contributed by atoms with van der Waals surface area (Å²) in [6.45, 7) is 4.15.